The Balaban J connectivity index is 1.86. The fraction of sp³-hybridized carbons (Fsp3) is 0.308. The SMILES string of the molecule is Cc1nc(-c2ccccc2NC(=O)C2CNC2)n[nH]1. The largest absolute Gasteiger partial charge is 0.325 e. The Morgan fingerprint density at radius 3 is 2.79 bits per heavy atom. The second kappa shape index (κ2) is 4.81. The molecule has 1 aliphatic heterocycles. The van der Waals surface area contributed by atoms with E-state index in [2.05, 4.69) is 25.8 Å². The molecule has 2 heterocycles. The number of aryl methyl sites for hydroxylation is 1. The molecular formula is C13H15N5O. The van der Waals surface area contributed by atoms with E-state index in [9.17, 15) is 4.79 Å². The lowest BCUT2D eigenvalue weighted by molar-refractivity contribution is -0.121. The summed E-state index contributed by atoms with van der Waals surface area (Å²) in [6.45, 7) is 3.33. The van der Waals surface area contributed by atoms with E-state index in [1.807, 2.05) is 31.2 Å². The van der Waals surface area contributed by atoms with Crippen molar-refractivity contribution < 1.29 is 4.79 Å². The number of anilines is 1. The van der Waals surface area contributed by atoms with Crippen molar-refractivity contribution in [1.82, 2.24) is 20.5 Å². The summed E-state index contributed by atoms with van der Waals surface area (Å²) >= 11 is 0. The summed E-state index contributed by atoms with van der Waals surface area (Å²) in [7, 11) is 0. The van der Waals surface area contributed by atoms with Crippen molar-refractivity contribution in [1.29, 1.82) is 0 Å². The summed E-state index contributed by atoms with van der Waals surface area (Å²) in [6, 6.07) is 7.56. The molecule has 6 heteroatoms. The Morgan fingerprint density at radius 2 is 2.16 bits per heavy atom. The first-order valence-corrected chi connectivity index (χ1v) is 6.24. The van der Waals surface area contributed by atoms with Gasteiger partial charge < -0.3 is 10.6 Å². The fourth-order valence-corrected chi connectivity index (χ4v) is 1.96. The number of hydrogen-bond donors (Lipinski definition) is 3. The molecule has 0 radical (unpaired) electrons. The molecule has 1 aromatic carbocycles. The number of aromatic amines is 1. The number of aromatic nitrogens is 3. The van der Waals surface area contributed by atoms with E-state index in [0.29, 0.717) is 5.82 Å². The lowest BCUT2D eigenvalue weighted by atomic mass is 10.0. The van der Waals surface area contributed by atoms with Crippen LogP contribution in [0.25, 0.3) is 11.4 Å². The van der Waals surface area contributed by atoms with E-state index < -0.39 is 0 Å². The van der Waals surface area contributed by atoms with Crippen LogP contribution in [-0.2, 0) is 4.79 Å². The number of H-pyrrole nitrogens is 1. The molecule has 1 saturated heterocycles. The molecule has 1 aliphatic rings. The van der Waals surface area contributed by atoms with Gasteiger partial charge in [0.1, 0.15) is 5.82 Å². The molecule has 1 amide bonds. The monoisotopic (exact) mass is 257 g/mol. The van der Waals surface area contributed by atoms with Crippen molar-refractivity contribution in [2.24, 2.45) is 5.92 Å². The zero-order valence-electron chi connectivity index (χ0n) is 10.6. The summed E-state index contributed by atoms with van der Waals surface area (Å²) in [6.07, 6.45) is 0. The second-order valence-electron chi connectivity index (χ2n) is 4.63. The molecule has 0 atom stereocenters. The van der Waals surface area contributed by atoms with E-state index in [0.717, 1.165) is 30.2 Å². The molecule has 0 spiro atoms. The van der Waals surface area contributed by atoms with Gasteiger partial charge in [-0.15, -0.1) is 0 Å². The Bertz CT molecular complexity index is 603. The highest BCUT2D eigenvalue weighted by atomic mass is 16.2. The molecule has 3 N–H and O–H groups in total. The summed E-state index contributed by atoms with van der Waals surface area (Å²) in [5.41, 5.74) is 1.57. The highest BCUT2D eigenvalue weighted by molar-refractivity contribution is 5.96. The van der Waals surface area contributed by atoms with Crippen LogP contribution in [-0.4, -0.2) is 34.2 Å². The minimum absolute atomic E-state index is 0.0402. The van der Waals surface area contributed by atoms with Gasteiger partial charge in [-0.25, -0.2) is 4.98 Å². The third-order valence-electron chi connectivity index (χ3n) is 3.18. The fourth-order valence-electron chi connectivity index (χ4n) is 1.96. The van der Waals surface area contributed by atoms with Crippen molar-refractivity contribution in [3.05, 3.63) is 30.1 Å². The highest BCUT2D eigenvalue weighted by Gasteiger charge is 2.25. The number of para-hydroxylation sites is 1. The van der Waals surface area contributed by atoms with E-state index in [1.165, 1.54) is 0 Å². The van der Waals surface area contributed by atoms with Gasteiger partial charge >= 0.3 is 0 Å². The molecular weight excluding hydrogens is 242 g/mol. The smallest absolute Gasteiger partial charge is 0.230 e. The van der Waals surface area contributed by atoms with E-state index >= 15 is 0 Å². The maximum absolute atomic E-state index is 12.0. The topological polar surface area (TPSA) is 82.7 Å². The Kier molecular flexibility index (Phi) is 3.00. The van der Waals surface area contributed by atoms with Crippen LogP contribution in [0.15, 0.2) is 24.3 Å². The van der Waals surface area contributed by atoms with Crippen LogP contribution in [0.3, 0.4) is 0 Å². The second-order valence-corrected chi connectivity index (χ2v) is 4.63. The summed E-state index contributed by atoms with van der Waals surface area (Å²) < 4.78 is 0. The first kappa shape index (κ1) is 11.9. The number of benzene rings is 1. The molecule has 1 aromatic heterocycles. The zero-order valence-corrected chi connectivity index (χ0v) is 10.6. The molecule has 98 valence electrons. The maximum Gasteiger partial charge on any atom is 0.230 e. The molecule has 3 rings (SSSR count). The van der Waals surface area contributed by atoms with E-state index in [4.69, 9.17) is 0 Å². The number of carbonyl (C=O) groups is 1. The minimum atomic E-state index is 0.0402. The average molecular weight is 257 g/mol. The third kappa shape index (κ3) is 2.34. The van der Waals surface area contributed by atoms with Crippen molar-refractivity contribution in [2.45, 2.75) is 6.92 Å². The molecule has 0 aliphatic carbocycles. The number of rotatable bonds is 3. The van der Waals surface area contributed by atoms with Crippen molar-refractivity contribution in [3.8, 4) is 11.4 Å². The maximum atomic E-state index is 12.0. The predicted octanol–water partition coefficient (Wildman–Crippen LogP) is 0.938. The van der Waals surface area contributed by atoms with Gasteiger partial charge in [0.05, 0.1) is 11.6 Å². The molecule has 1 fully saturated rings. The average Bonchev–Trinajstić information content (AvgIpc) is 2.74. The zero-order chi connectivity index (χ0) is 13.2. The lowest BCUT2D eigenvalue weighted by Gasteiger charge is -2.26. The van der Waals surface area contributed by atoms with Crippen molar-refractivity contribution in [2.75, 3.05) is 18.4 Å². The molecule has 0 bridgehead atoms. The number of hydrogen-bond acceptors (Lipinski definition) is 4. The van der Waals surface area contributed by atoms with Crippen LogP contribution in [0.2, 0.25) is 0 Å². The van der Waals surface area contributed by atoms with Crippen molar-refractivity contribution >= 4 is 11.6 Å². The lowest BCUT2D eigenvalue weighted by Crippen LogP contribution is -2.48. The molecule has 0 saturated carbocycles. The van der Waals surface area contributed by atoms with Gasteiger partial charge in [0.2, 0.25) is 5.91 Å². The highest BCUT2D eigenvalue weighted by Crippen LogP contribution is 2.25. The van der Waals surface area contributed by atoms with Crippen LogP contribution < -0.4 is 10.6 Å². The number of nitrogens with zero attached hydrogens (tertiary/aromatic N) is 2. The summed E-state index contributed by atoms with van der Waals surface area (Å²) in [4.78, 5) is 16.3. The quantitative estimate of drug-likeness (QED) is 0.764. The Morgan fingerprint density at radius 1 is 1.37 bits per heavy atom. The number of carbonyl (C=O) groups excluding carboxylic acids is 1. The summed E-state index contributed by atoms with van der Waals surface area (Å²) in [5.74, 6) is 1.44. The molecule has 19 heavy (non-hydrogen) atoms. The molecule has 2 aromatic rings. The predicted molar refractivity (Wildman–Crippen MR) is 71.5 cm³/mol. The van der Waals surface area contributed by atoms with Gasteiger partial charge in [0, 0.05) is 18.7 Å². The third-order valence-corrected chi connectivity index (χ3v) is 3.18. The van der Waals surface area contributed by atoms with E-state index in [1.54, 1.807) is 0 Å². The van der Waals surface area contributed by atoms with Gasteiger partial charge in [-0.2, -0.15) is 5.10 Å². The normalized spacial score (nSPS) is 15.0. The van der Waals surface area contributed by atoms with Gasteiger partial charge in [0.25, 0.3) is 0 Å². The minimum Gasteiger partial charge on any atom is -0.325 e. The number of nitrogens with one attached hydrogen (secondary N) is 3. The summed E-state index contributed by atoms with van der Waals surface area (Å²) in [5, 5.41) is 13.0. The van der Waals surface area contributed by atoms with Crippen molar-refractivity contribution in [3.63, 3.8) is 0 Å². The Labute approximate surface area is 110 Å². The Hall–Kier alpha value is -2.21. The van der Waals surface area contributed by atoms with Crippen LogP contribution in [0, 0.1) is 12.8 Å². The van der Waals surface area contributed by atoms with Crippen LogP contribution >= 0.6 is 0 Å². The van der Waals surface area contributed by atoms with Gasteiger partial charge in [0.15, 0.2) is 5.82 Å². The van der Waals surface area contributed by atoms with Gasteiger partial charge in [-0.05, 0) is 19.1 Å². The van der Waals surface area contributed by atoms with E-state index in [-0.39, 0.29) is 11.8 Å². The van der Waals surface area contributed by atoms with Crippen LogP contribution in [0.5, 0.6) is 0 Å². The molecule has 6 nitrogen and oxygen atoms in total. The first-order valence-electron chi connectivity index (χ1n) is 6.24. The molecule has 0 unspecified atom stereocenters. The van der Waals surface area contributed by atoms with Gasteiger partial charge in [-0.1, -0.05) is 12.1 Å². The number of amides is 1. The first-order chi connectivity index (χ1) is 9.24. The van der Waals surface area contributed by atoms with Crippen LogP contribution in [0.1, 0.15) is 5.82 Å². The standard InChI is InChI=1S/C13H15N5O/c1-8-15-12(18-17-8)10-4-2-3-5-11(10)16-13(19)9-6-14-7-9/h2-5,9,14H,6-7H2,1H3,(H,16,19)(H,15,17,18). The van der Waals surface area contributed by atoms with Crippen LogP contribution in [0.4, 0.5) is 5.69 Å². The van der Waals surface area contributed by atoms with Gasteiger partial charge in [-0.3, -0.25) is 9.89 Å².